The number of rotatable bonds is 8. The second-order valence-electron chi connectivity index (χ2n) is 7.25. The fourth-order valence-corrected chi connectivity index (χ4v) is 3.09. The quantitative estimate of drug-likeness (QED) is 0.344. The van der Waals surface area contributed by atoms with Crippen LogP contribution in [0.1, 0.15) is 34.8 Å². The van der Waals surface area contributed by atoms with Crippen LogP contribution in [0.3, 0.4) is 0 Å². The fraction of sp³-hybridized carbons (Fsp3) is 0.333. The van der Waals surface area contributed by atoms with E-state index in [1.165, 1.54) is 18.3 Å². The Morgan fingerprint density at radius 1 is 1.27 bits per heavy atom. The fourth-order valence-electron chi connectivity index (χ4n) is 3.09. The van der Waals surface area contributed by atoms with E-state index in [2.05, 4.69) is 10.3 Å². The van der Waals surface area contributed by atoms with E-state index < -0.39 is 50.0 Å². The van der Waals surface area contributed by atoms with Gasteiger partial charge in [0.1, 0.15) is 11.3 Å². The van der Waals surface area contributed by atoms with Gasteiger partial charge in [0.15, 0.2) is 0 Å². The van der Waals surface area contributed by atoms with Crippen molar-refractivity contribution in [1.82, 2.24) is 10.3 Å². The maximum atomic E-state index is 13.6. The van der Waals surface area contributed by atoms with Crippen molar-refractivity contribution in [2.24, 2.45) is 0 Å². The maximum absolute atomic E-state index is 13.6. The summed E-state index contributed by atoms with van der Waals surface area (Å²) in [5.41, 5.74) is 0.971. The molecule has 0 unspecified atom stereocenters. The van der Waals surface area contributed by atoms with Crippen LogP contribution in [0.4, 0.5) is 8.78 Å². The third-order valence-electron chi connectivity index (χ3n) is 4.91. The third kappa shape index (κ3) is 6.04. The van der Waals surface area contributed by atoms with Crippen LogP contribution in [0, 0.1) is 0 Å². The Hall–Kier alpha value is -3.54. The maximum Gasteiger partial charge on any atom is 0.547 e. The van der Waals surface area contributed by atoms with Gasteiger partial charge in [0.2, 0.25) is 6.79 Å². The molecule has 0 fully saturated rings. The number of nitrogens with one attached hydrogen (secondary N) is 1. The van der Waals surface area contributed by atoms with E-state index in [0.29, 0.717) is 11.1 Å². The van der Waals surface area contributed by atoms with Gasteiger partial charge in [0.25, 0.3) is 5.91 Å². The van der Waals surface area contributed by atoms with E-state index in [1.807, 2.05) is 0 Å². The minimum absolute atomic E-state index is 0.00978. The van der Waals surface area contributed by atoms with Crippen LogP contribution in [0.5, 0.6) is 5.75 Å². The average Bonchev–Trinajstić information content (AvgIpc) is 2.79. The molecule has 12 heteroatoms. The number of esters is 2. The number of para-hydroxylation sites is 1. The van der Waals surface area contributed by atoms with Crippen LogP contribution in [-0.2, 0) is 31.9 Å². The van der Waals surface area contributed by atoms with Crippen LogP contribution in [0.2, 0.25) is 0 Å². The molecule has 33 heavy (non-hydrogen) atoms. The van der Waals surface area contributed by atoms with Crippen LogP contribution < -0.4 is 9.97 Å². The number of pyridine rings is 1. The van der Waals surface area contributed by atoms with Crippen molar-refractivity contribution in [3.63, 3.8) is 0 Å². The molecule has 1 aromatic heterocycles. The molecule has 1 aliphatic heterocycles. The van der Waals surface area contributed by atoms with Crippen LogP contribution in [0.25, 0.3) is 0 Å². The second kappa shape index (κ2) is 10.4. The first-order valence-electron chi connectivity index (χ1n) is 10.1. The Balaban J connectivity index is 1.59. The lowest BCUT2D eigenvalue weighted by Gasteiger charge is -2.30. The zero-order valence-electron chi connectivity index (χ0n) is 17.6. The first-order chi connectivity index (χ1) is 15.7. The summed E-state index contributed by atoms with van der Waals surface area (Å²) in [6, 6.07) is 7.79. The van der Waals surface area contributed by atoms with Gasteiger partial charge < -0.3 is 24.5 Å². The highest BCUT2D eigenvalue weighted by atomic mass is 19.3. The third-order valence-corrected chi connectivity index (χ3v) is 4.91. The number of fused-ring (bicyclic) bond motifs is 1. The number of halogens is 2. The van der Waals surface area contributed by atoms with Crippen LogP contribution in [0.15, 0.2) is 42.7 Å². The molecule has 2 heterocycles. The monoisotopic (exact) mass is 462 g/mol. The molecule has 9 nitrogen and oxygen atoms in total. The summed E-state index contributed by atoms with van der Waals surface area (Å²) in [5, 5.41) is 12.3. The number of carbonyl (C=O) groups is 3. The van der Waals surface area contributed by atoms with E-state index >= 15 is 0 Å². The first-order valence-corrected chi connectivity index (χ1v) is 10.1. The lowest BCUT2D eigenvalue weighted by atomic mass is 9.72. The summed E-state index contributed by atoms with van der Waals surface area (Å²) in [6.45, 7) is 0.520. The lowest BCUT2D eigenvalue weighted by Crippen LogP contribution is -2.56. The van der Waals surface area contributed by atoms with Gasteiger partial charge in [-0.2, -0.15) is 8.78 Å². The van der Waals surface area contributed by atoms with Crippen molar-refractivity contribution in [3.8, 4) is 5.75 Å². The Morgan fingerprint density at radius 2 is 2.06 bits per heavy atom. The van der Waals surface area contributed by atoms with E-state index in [9.17, 15) is 28.2 Å². The lowest BCUT2D eigenvalue weighted by molar-refractivity contribution is -0.151. The van der Waals surface area contributed by atoms with Crippen molar-refractivity contribution in [2.75, 3.05) is 6.79 Å². The standard InChI is InChI=1S/C21H21BF2N2O7/c1-2-21(23,24)20(29)26-16-10-14-6-3-7-15(18(14)33-22(16)30)19(28)32-12-31-17(27)9-13-5-4-8-25-11-13/h3-8,11,16,30H,2,9-10,12H2,1H3,(H,26,29)/t16-/m0/s1. The zero-order valence-corrected chi connectivity index (χ0v) is 17.6. The van der Waals surface area contributed by atoms with Crippen molar-refractivity contribution in [2.45, 2.75) is 38.0 Å². The highest BCUT2D eigenvalue weighted by Gasteiger charge is 2.43. The molecule has 1 aliphatic rings. The molecule has 1 amide bonds. The normalized spacial score (nSPS) is 15.2. The predicted octanol–water partition coefficient (Wildman–Crippen LogP) is 1.47. The van der Waals surface area contributed by atoms with Crippen LogP contribution >= 0.6 is 0 Å². The van der Waals surface area contributed by atoms with Crippen LogP contribution in [-0.4, -0.2) is 53.6 Å². The topological polar surface area (TPSA) is 124 Å². The van der Waals surface area contributed by atoms with Gasteiger partial charge in [-0.05, 0) is 29.7 Å². The summed E-state index contributed by atoms with van der Waals surface area (Å²) in [4.78, 5) is 39.9. The molecule has 1 aromatic carbocycles. The Bertz CT molecular complexity index is 1020. The van der Waals surface area contributed by atoms with Crippen molar-refractivity contribution < 1.29 is 42.3 Å². The molecule has 0 bridgehead atoms. The van der Waals surface area contributed by atoms with Gasteiger partial charge in [0.05, 0.1) is 12.4 Å². The van der Waals surface area contributed by atoms with Gasteiger partial charge in [0, 0.05) is 18.8 Å². The smallest absolute Gasteiger partial charge is 0.534 e. The Morgan fingerprint density at radius 3 is 2.76 bits per heavy atom. The number of alkyl halides is 2. The number of aromatic nitrogens is 1. The Labute approximate surface area is 188 Å². The molecule has 1 atom stereocenters. The largest absolute Gasteiger partial charge is 0.547 e. The summed E-state index contributed by atoms with van der Waals surface area (Å²) >= 11 is 0. The first kappa shape index (κ1) is 24.1. The molecule has 0 saturated heterocycles. The number of hydrogen-bond acceptors (Lipinski definition) is 8. The molecule has 0 aliphatic carbocycles. The number of hydrogen-bond donors (Lipinski definition) is 2. The average molecular weight is 462 g/mol. The second-order valence-corrected chi connectivity index (χ2v) is 7.25. The molecule has 2 N–H and O–H groups in total. The molecule has 3 rings (SSSR count). The van der Waals surface area contributed by atoms with E-state index in [1.54, 1.807) is 24.4 Å². The summed E-state index contributed by atoms with van der Waals surface area (Å²) < 4.78 is 42.3. The zero-order chi connectivity index (χ0) is 24.0. The van der Waals surface area contributed by atoms with E-state index in [-0.39, 0.29) is 24.2 Å². The predicted molar refractivity (Wildman–Crippen MR) is 110 cm³/mol. The van der Waals surface area contributed by atoms with E-state index in [0.717, 1.165) is 6.92 Å². The molecule has 2 aromatic rings. The van der Waals surface area contributed by atoms with Crippen molar-refractivity contribution in [3.05, 3.63) is 59.4 Å². The minimum atomic E-state index is -3.58. The summed E-state index contributed by atoms with van der Waals surface area (Å²) in [6.07, 6.45) is 2.27. The number of ether oxygens (including phenoxy) is 2. The van der Waals surface area contributed by atoms with E-state index in [4.69, 9.17) is 14.1 Å². The molecule has 0 radical (unpaired) electrons. The molecule has 174 valence electrons. The summed E-state index contributed by atoms with van der Waals surface area (Å²) in [7, 11) is -1.67. The van der Waals surface area contributed by atoms with Crippen molar-refractivity contribution >= 4 is 25.0 Å². The van der Waals surface area contributed by atoms with Gasteiger partial charge >= 0.3 is 25.0 Å². The van der Waals surface area contributed by atoms with Gasteiger partial charge in [-0.25, -0.2) is 4.79 Å². The Kier molecular flexibility index (Phi) is 7.59. The summed E-state index contributed by atoms with van der Waals surface area (Å²) in [5.74, 6) is -7.76. The SMILES string of the molecule is CCC(F)(F)C(=O)N[C@H]1Cc2cccc(C(=O)OCOC(=O)Cc3cccnc3)c2OB1O. The minimum Gasteiger partial charge on any atom is -0.534 e. The van der Waals surface area contributed by atoms with Gasteiger partial charge in [-0.15, -0.1) is 0 Å². The number of amides is 1. The number of carbonyl (C=O) groups excluding carboxylic acids is 3. The van der Waals surface area contributed by atoms with Gasteiger partial charge in [-0.3, -0.25) is 14.6 Å². The molecular formula is C21H21BF2N2O7. The van der Waals surface area contributed by atoms with Crippen molar-refractivity contribution in [1.29, 1.82) is 0 Å². The molecular weight excluding hydrogens is 441 g/mol. The molecule has 0 saturated carbocycles. The molecule has 0 spiro atoms. The van der Waals surface area contributed by atoms with Gasteiger partial charge in [-0.1, -0.05) is 25.1 Å². The number of benzene rings is 1. The number of nitrogens with zero attached hydrogens (tertiary/aromatic N) is 1. The highest BCUT2D eigenvalue weighted by Crippen LogP contribution is 2.31. The highest BCUT2D eigenvalue weighted by molar-refractivity contribution is 6.47.